The van der Waals surface area contributed by atoms with E-state index in [4.69, 9.17) is 29.9 Å². The van der Waals surface area contributed by atoms with Crippen LogP contribution in [0.25, 0.3) is 190 Å². The molecule has 0 spiro atoms. The van der Waals surface area contributed by atoms with Crippen molar-refractivity contribution in [3.8, 4) is 168 Å². The number of fused-ring (bicyclic) bond motifs is 13. The van der Waals surface area contributed by atoms with E-state index in [1.807, 2.05) is 91.4 Å². The average Bonchev–Trinajstić information content (AvgIpc) is 1.66. The summed E-state index contributed by atoms with van der Waals surface area (Å²) in [4.78, 5) is 43.9. The average molecular weight is 1730 g/mol. The fourth-order valence-corrected chi connectivity index (χ4v) is 20.8. The van der Waals surface area contributed by atoms with E-state index in [0.29, 0.717) is 5.82 Å². The Balaban J connectivity index is 0.000000114. The fraction of sp³-hybridized carbons (Fsp3) is 0.0556. The summed E-state index contributed by atoms with van der Waals surface area (Å²) in [6, 6.07) is 152. The highest BCUT2D eigenvalue weighted by Gasteiger charge is 2.48. The lowest BCUT2D eigenvalue weighted by molar-refractivity contribution is 0.661. The van der Waals surface area contributed by atoms with E-state index < -0.39 is 5.41 Å². The Morgan fingerprint density at radius 3 is 0.941 bits per heavy atom. The van der Waals surface area contributed by atoms with Crippen LogP contribution in [0.4, 0.5) is 0 Å². The molecule has 9 heteroatoms. The monoisotopic (exact) mass is 1730 g/mol. The molecule has 0 saturated carbocycles. The first kappa shape index (κ1) is 82.2. The van der Waals surface area contributed by atoms with Crippen LogP contribution in [0.5, 0.6) is 0 Å². The van der Waals surface area contributed by atoms with Crippen molar-refractivity contribution in [2.75, 3.05) is 0 Å². The molecule has 638 valence electrons. The molecule has 22 aromatic rings. The summed E-state index contributed by atoms with van der Waals surface area (Å²) < 4.78 is 0. The van der Waals surface area contributed by atoms with Crippen molar-refractivity contribution in [1.29, 1.82) is 0 Å². The van der Waals surface area contributed by atoms with Gasteiger partial charge in [0.25, 0.3) is 0 Å². The third-order valence-corrected chi connectivity index (χ3v) is 27.3. The highest BCUT2D eigenvalue weighted by molar-refractivity contribution is 6.07. The lowest BCUT2D eigenvalue weighted by Gasteiger charge is -2.33. The molecule has 6 aromatic heterocycles. The lowest BCUT2D eigenvalue weighted by Crippen LogP contribution is -2.28. The summed E-state index contributed by atoms with van der Waals surface area (Å²) in [6.45, 7) is 9.36. The topological polar surface area (TPSA) is 116 Å². The molecule has 0 unspecified atom stereocenters. The molecular weight excluding hydrogens is 1640 g/mol. The van der Waals surface area contributed by atoms with Gasteiger partial charge in [0.1, 0.15) is 0 Å². The minimum absolute atomic E-state index is 0.120. The third-order valence-electron chi connectivity index (χ3n) is 27.3. The van der Waals surface area contributed by atoms with Gasteiger partial charge >= 0.3 is 0 Å². The quantitative estimate of drug-likeness (QED) is 0.105. The van der Waals surface area contributed by atoms with Crippen molar-refractivity contribution in [2.24, 2.45) is 0 Å². The highest BCUT2D eigenvalue weighted by atomic mass is 14.9. The van der Waals surface area contributed by atoms with Crippen molar-refractivity contribution in [1.82, 2.24) is 44.9 Å². The van der Waals surface area contributed by atoms with E-state index in [9.17, 15) is 0 Å². The smallest absolute Gasteiger partial charge is 0.160 e. The number of pyridine rings is 3. The van der Waals surface area contributed by atoms with Crippen LogP contribution in [0, 0.1) is 0 Å². The van der Waals surface area contributed by atoms with Gasteiger partial charge in [-0.05, 0) is 169 Å². The maximum absolute atomic E-state index is 5.29. The third kappa shape index (κ3) is 14.8. The minimum atomic E-state index is -0.481. The molecular formula is C126H89N9. The van der Waals surface area contributed by atoms with Crippen LogP contribution in [-0.4, -0.2) is 44.9 Å². The molecule has 0 radical (unpaired) electrons. The van der Waals surface area contributed by atoms with E-state index in [1.165, 1.54) is 99.4 Å². The summed E-state index contributed by atoms with van der Waals surface area (Å²) in [5.41, 5.74) is 38.8. The molecule has 0 amide bonds. The summed E-state index contributed by atoms with van der Waals surface area (Å²) in [5, 5.41) is 5.12. The van der Waals surface area contributed by atoms with E-state index >= 15 is 0 Å². The van der Waals surface area contributed by atoms with Crippen LogP contribution in [0.15, 0.2) is 468 Å². The first-order valence-corrected chi connectivity index (χ1v) is 46.0. The van der Waals surface area contributed by atoms with Gasteiger partial charge in [-0.3, -0.25) is 15.0 Å². The molecule has 9 nitrogen and oxygen atoms in total. The zero-order valence-electron chi connectivity index (χ0n) is 75.0. The lowest BCUT2D eigenvalue weighted by atomic mass is 9.67. The van der Waals surface area contributed by atoms with Crippen molar-refractivity contribution in [2.45, 2.75) is 43.9 Å². The zero-order chi connectivity index (χ0) is 90.6. The molecule has 0 N–H and O–H groups in total. The summed E-state index contributed by atoms with van der Waals surface area (Å²) >= 11 is 0. The van der Waals surface area contributed by atoms with E-state index in [0.717, 1.165) is 129 Å². The predicted octanol–water partition coefficient (Wildman–Crippen LogP) is 30.9. The molecule has 0 bridgehead atoms. The Morgan fingerprint density at radius 1 is 0.185 bits per heavy atom. The second-order valence-electron chi connectivity index (χ2n) is 35.8. The first-order valence-electron chi connectivity index (χ1n) is 46.0. The van der Waals surface area contributed by atoms with Crippen molar-refractivity contribution >= 4 is 21.5 Å². The predicted molar refractivity (Wildman–Crippen MR) is 552 cm³/mol. The van der Waals surface area contributed by atoms with Crippen LogP contribution >= 0.6 is 0 Å². The maximum Gasteiger partial charge on any atom is 0.160 e. The largest absolute Gasteiger partial charge is 0.264 e. The van der Waals surface area contributed by atoms with Gasteiger partial charge in [-0.2, -0.15) is 0 Å². The number of hydrogen-bond acceptors (Lipinski definition) is 9. The van der Waals surface area contributed by atoms with Crippen LogP contribution in [0.1, 0.15) is 72.2 Å². The van der Waals surface area contributed by atoms with Crippen LogP contribution in [0.3, 0.4) is 0 Å². The van der Waals surface area contributed by atoms with Gasteiger partial charge in [0.15, 0.2) is 17.5 Å². The summed E-state index contributed by atoms with van der Waals surface area (Å²) in [6.07, 6.45) is 11.1. The first-order chi connectivity index (χ1) is 66.5. The van der Waals surface area contributed by atoms with E-state index in [-0.39, 0.29) is 10.8 Å². The second-order valence-corrected chi connectivity index (χ2v) is 35.8. The number of rotatable bonds is 14. The van der Waals surface area contributed by atoms with Gasteiger partial charge in [0.05, 0.1) is 39.6 Å². The van der Waals surface area contributed by atoms with Crippen LogP contribution in [0.2, 0.25) is 0 Å². The summed E-state index contributed by atoms with van der Waals surface area (Å²) in [5.74, 6) is 2.14. The molecule has 0 fully saturated rings. The molecule has 135 heavy (non-hydrogen) atoms. The number of hydrogen-bond donors (Lipinski definition) is 0. The van der Waals surface area contributed by atoms with Crippen molar-refractivity contribution < 1.29 is 0 Å². The zero-order valence-corrected chi connectivity index (χ0v) is 75.0. The molecule has 3 aliphatic rings. The van der Waals surface area contributed by atoms with Gasteiger partial charge in [0, 0.05) is 98.1 Å². The SMILES string of the molecule is CC1(C)c2cccc(-c3cc(-c4ccc(-c5cccnc5)cc4)nc(-c4ccccc4)n3)c2-c2c1ccc1ccccc21.CC1(C)c2cccc(-c3cc(-c4ccc(-c5cccnc5)cc4)nc(-c4ccccc4)n3)c2-c2ccc3ccccc3c21.c1ccc(-c2nc(-c3ccc(-c4cccnc4)cc3)cc(-c3cccc4c3-c3ccccc3C4(c3ccccc3)c3ccccc3)n2)cc1. The van der Waals surface area contributed by atoms with Crippen LogP contribution < -0.4 is 0 Å². The maximum atomic E-state index is 5.29. The van der Waals surface area contributed by atoms with Crippen molar-refractivity contribution in [3.63, 3.8) is 0 Å². The Labute approximate surface area is 785 Å². The molecule has 0 atom stereocenters. The molecule has 0 saturated heterocycles. The Bertz CT molecular complexity index is 8170. The fourth-order valence-electron chi connectivity index (χ4n) is 20.8. The van der Waals surface area contributed by atoms with Gasteiger partial charge in [-0.25, -0.2) is 29.9 Å². The van der Waals surface area contributed by atoms with Gasteiger partial charge in [0.2, 0.25) is 0 Å². The molecule has 0 aliphatic heterocycles. The van der Waals surface area contributed by atoms with Gasteiger partial charge in [-0.15, -0.1) is 0 Å². The summed E-state index contributed by atoms with van der Waals surface area (Å²) in [7, 11) is 0. The Kier molecular flexibility index (Phi) is 21.0. The Hall–Kier alpha value is -17.3. The Morgan fingerprint density at radius 2 is 0.504 bits per heavy atom. The highest BCUT2D eigenvalue weighted by Crippen LogP contribution is 2.60. The molecule has 25 rings (SSSR count). The van der Waals surface area contributed by atoms with Crippen molar-refractivity contribution in [3.05, 3.63) is 512 Å². The molecule has 3 aliphatic carbocycles. The number of benzene rings is 16. The normalized spacial score (nSPS) is 12.9. The second kappa shape index (κ2) is 34.5. The standard InChI is InChI=1S/C46H31N3.2C40H29N3/c1-4-14-34(15-5-1)45-48-42(33-27-25-32(26-28-33)35-16-13-29-47-31-35)30-43(49-45)39-22-12-24-41-44(39)38-21-10-11-23-40(38)46(41,36-17-6-2-7-18-36)37-19-8-3-9-20-37;1-40(2)34-16-8-15-32(37(34)33-22-21-27-10-6-7-14-31(27)38(33)40)36-24-35(42-39(43-36)29-11-4-3-5-12-29)28-19-17-26(18-20-28)30-13-9-23-41-25-30;1-40(2)33-16-8-15-32(38(33)37-31-14-7-6-10-27(31)21-22-34(37)40)36-24-35(42-39(43-36)29-11-4-3-5-12-29)28-19-17-26(18-20-28)30-13-9-23-41-25-30/h1-31H;2*3-25H,1-2H3. The van der Waals surface area contributed by atoms with E-state index in [1.54, 1.807) is 18.6 Å². The van der Waals surface area contributed by atoms with E-state index in [2.05, 4.69) is 401 Å². The minimum Gasteiger partial charge on any atom is -0.264 e. The molecule has 6 heterocycles. The number of nitrogens with zero attached hydrogens (tertiary/aromatic N) is 9. The van der Waals surface area contributed by atoms with Gasteiger partial charge < -0.3 is 0 Å². The number of aromatic nitrogens is 9. The van der Waals surface area contributed by atoms with Crippen LogP contribution in [-0.2, 0) is 16.2 Å². The molecule has 16 aromatic carbocycles. The van der Waals surface area contributed by atoms with Gasteiger partial charge in [-0.1, -0.05) is 422 Å².